The molecule has 0 atom stereocenters. The highest BCUT2D eigenvalue weighted by Gasteiger charge is 2.26. The first-order chi connectivity index (χ1) is 13.6. The fraction of sp³-hybridized carbons (Fsp3) is 0. The highest BCUT2D eigenvalue weighted by molar-refractivity contribution is 5.89. The molecule has 140 valence electrons. The van der Waals surface area contributed by atoms with Crippen molar-refractivity contribution in [3.05, 3.63) is 90.3 Å². The van der Waals surface area contributed by atoms with Crippen LogP contribution in [0, 0.1) is 0 Å². The minimum absolute atomic E-state index is 0.00889. The summed E-state index contributed by atoms with van der Waals surface area (Å²) in [5.41, 5.74) is -0.305. The highest BCUT2D eigenvalue weighted by Crippen LogP contribution is 2.08. The lowest BCUT2D eigenvalue weighted by Crippen LogP contribution is -2.33. The number of aromatic nitrogens is 3. The van der Waals surface area contributed by atoms with Crippen molar-refractivity contribution in [1.82, 2.24) is 20.3 Å². The van der Waals surface area contributed by atoms with Crippen LogP contribution in [-0.4, -0.2) is 38.2 Å². The molecule has 0 radical (unpaired) electrons. The van der Waals surface area contributed by atoms with Crippen molar-refractivity contribution >= 4 is 17.9 Å². The van der Waals surface area contributed by atoms with Crippen molar-refractivity contribution in [1.29, 1.82) is 0 Å². The van der Waals surface area contributed by atoms with Crippen LogP contribution in [0.1, 0.15) is 31.5 Å². The second kappa shape index (κ2) is 8.96. The molecule has 28 heavy (non-hydrogen) atoms. The van der Waals surface area contributed by atoms with E-state index < -0.39 is 17.9 Å². The predicted octanol–water partition coefficient (Wildman–Crippen LogP) is 1.79. The summed E-state index contributed by atoms with van der Waals surface area (Å²) in [5.74, 6) is -3.07. The molecule has 10 heteroatoms. The normalized spacial score (nSPS) is 10.2. The molecule has 0 bridgehead atoms. The van der Waals surface area contributed by atoms with E-state index in [9.17, 15) is 14.4 Å². The molecule has 10 nitrogen and oxygen atoms in total. The molecule has 0 aromatic carbocycles. The first-order valence-corrected chi connectivity index (χ1v) is 7.83. The Hall–Kier alpha value is -4.18. The van der Waals surface area contributed by atoms with Crippen LogP contribution in [0.3, 0.4) is 0 Å². The molecule has 0 amide bonds. The third-order valence-electron chi connectivity index (χ3n) is 3.09. The van der Waals surface area contributed by atoms with Crippen molar-refractivity contribution in [3.8, 4) is 0 Å². The molecule has 0 aliphatic carbocycles. The molecule has 0 saturated heterocycles. The highest BCUT2D eigenvalue weighted by atomic mass is 17.2. The van der Waals surface area contributed by atoms with Crippen molar-refractivity contribution in [2.75, 3.05) is 0 Å². The number of pyridine rings is 3. The molecule has 0 aliphatic heterocycles. The van der Waals surface area contributed by atoms with Gasteiger partial charge < -0.3 is 0 Å². The van der Waals surface area contributed by atoms with Crippen molar-refractivity contribution in [2.24, 2.45) is 0 Å². The summed E-state index contributed by atoms with van der Waals surface area (Å²) in [5, 5.41) is -0.00889. The van der Waals surface area contributed by atoms with Gasteiger partial charge in [0.05, 0.1) is 0 Å². The Morgan fingerprint density at radius 2 is 0.893 bits per heavy atom. The average Bonchev–Trinajstić information content (AvgIpc) is 2.75. The smallest absolute Gasteiger partial charge is 0.294 e. The van der Waals surface area contributed by atoms with Crippen LogP contribution < -0.4 is 0 Å². The maximum Gasteiger partial charge on any atom is 0.382 e. The van der Waals surface area contributed by atoms with Crippen LogP contribution in [-0.2, 0) is 14.5 Å². The van der Waals surface area contributed by atoms with Crippen LogP contribution in [0.4, 0.5) is 0 Å². The van der Waals surface area contributed by atoms with Crippen LogP contribution in [0.25, 0.3) is 0 Å². The van der Waals surface area contributed by atoms with Gasteiger partial charge in [0.1, 0.15) is 17.1 Å². The van der Waals surface area contributed by atoms with Gasteiger partial charge in [0.25, 0.3) is 0 Å². The van der Waals surface area contributed by atoms with Gasteiger partial charge >= 0.3 is 17.9 Å². The van der Waals surface area contributed by atoms with E-state index in [2.05, 4.69) is 15.0 Å². The lowest BCUT2D eigenvalue weighted by Gasteiger charge is -2.16. The Labute approximate surface area is 158 Å². The molecular formula is C18H12N4O6. The molecule has 0 saturated carbocycles. The summed E-state index contributed by atoms with van der Waals surface area (Å²) < 4.78 is 0. The molecule has 3 aromatic rings. The molecule has 3 rings (SSSR count). The third kappa shape index (κ3) is 4.93. The zero-order valence-corrected chi connectivity index (χ0v) is 14.2. The minimum Gasteiger partial charge on any atom is -0.294 e. The van der Waals surface area contributed by atoms with Crippen LogP contribution in [0.2, 0.25) is 0 Å². The molecule has 3 aromatic heterocycles. The van der Waals surface area contributed by atoms with Crippen LogP contribution >= 0.6 is 0 Å². The van der Waals surface area contributed by atoms with E-state index in [1.165, 1.54) is 36.8 Å². The Morgan fingerprint density at radius 1 is 0.571 bits per heavy atom. The summed E-state index contributed by atoms with van der Waals surface area (Å²) in [6.07, 6.45) is 4.09. The SMILES string of the molecule is O=C(ON(OC(=O)c1ccccn1)OC(=O)c1ccccn1)c1ccccn1. The van der Waals surface area contributed by atoms with Gasteiger partial charge in [-0.05, 0) is 36.4 Å². The number of hydrogen-bond donors (Lipinski definition) is 0. The summed E-state index contributed by atoms with van der Waals surface area (Å²) in [7, 11) is 0. The van der Waals surface area contributed by atoms with Crippen molar-refractivity contribution in [2.45, 2.75) is 0 Å². The summed E-state index contributed by atoms with van der Waals surface area (Å²) >= 11 is 0. The molecular weight excluding hydrogens is 368 g/mol. The summed E-state index contributed by atoms with van der Waals surface area (Å²) in [4.78, 5) is 62.3. The van der Waals surface area contributed by atoms with E-state index in [1.807, 2.05) is 0 Å². The Morgan fingerprint density at radius 3 is 1.14 bits per heavy atom. The Bertz CT molecular complexity index is 826. The first kappa shape index (κ1) is 18.6. The topological polar surface area (TPSA) is 121 Å². The minimum atomic E-state index is -1.02. The Kier molecular flexibility index (Phi) is 5.95. The van der Waals surface area contributed by atoms with E-state index in [0.29, 0.717) is 0 Å². The molecule has 0 unspecified atom stereocenters. The van der Waals surface area contributed by atoms with E-state index in [1.54, 1.807) is 36.4 Å². The van der Waals surface area contributed by atoms with E-state index in [0.717, 1.165) is 0 Å². The largest absolute Gasteiger partial charge is 0.382 e. The fourth-order valence-corrected chi connectivity index (χ4v) is 1.85. The first-order valence-electron chi connectivity index (χ1n) is 7.83. The van der Waals surface area contributed by atoms with Gasteiger partial charge in [-0.3, -0.25) is 14.5 Å². The van der Waals surface area contributed by atoms with E-state index in [-0.39, 0.29) is 22.5 Å². The molecule has 0 fully saturated rings. The van der Waals surface area contributed by atoms with Crippen LogP contribution in [0.15, 0.2) is 73.2 Å². The van der Waals surface area contributed by atoms with E-state index in [4.69, 9.17) is 14.5 Å². The standard InChI is InChI=1S/C18H12N4O6/c23-16(13-7-1-4-10-19-13)26-22(27-17(24)14-8-2-5-11-20-14)28-18(25)15-9-3-6-12-21-15/h1-12H. The third-order valence-corrected chi connectivity index (χ3v) is 3.09. The van der Waals surface area contributed by atoms with Gasteiger partial charge in [0.15, 0.2) is 0 Å². The monoisotopic (exact) mass is 380 g/mol. The van der Waals surface area contributed by atoms with Gasteiger partial charge in [-0.1, -0.05) is 18.2 Å². The molecule has 0 aliphatic rings. The van der Waals surface area contributed by atoms with Gasteiger partial charge in [-0.15, -0.1) is 0 Å². The second-order valence-corrected chi connectivity index (χ2v) is 5.00. The fourth-order valence-electron chi connectivity index (χ4n) is 1.85. The molecule has 0 N–H and O–H groups in total. The van der Waals surface area contributed by atoms with Gasteiger partial charge in [0.2, 0.25) is 5.39 Å². The van der Waals surface area contributed by atoms with Crippen molar-refractivity contribution < 1.29 is 28.9 Å². The van der Waals surface area contributed by atoms with Gasteiger partial charge in [-0.2, -0.15) is 0 Å². The van der Waals surface area contributed by atoms with E-state index >= 15 is 0 Å². The number of nitrogens with zero attached hydrogens (tertiary/aromatic N) is 4. The average molecular weight is 380 g/mol. The number of hydrogen-bond acceptors (Lipinski definition) is 10. The zero-order valence-electron chi connectivity index (χ0n) is 14.2. The summed E-state index contributed by atoms with van der Waals surface area (Å²) in [6.45, 7) is 0. The molecule has 3 heterocycles. The Balaban J connectivity index is 1.76. The van der Waals surface area contributed by atoms with Gasteiger partial charge in [-0.25, -0.2) is 29.3 Å². The molecule has 0 spiro atoms. The lowest BCUT2D eigenvalue weighted by molar-refractivity contribution is -0.449. The number of rotatable bonds is 6. The maximum atomic E-state index is 12.2. The van der Waals surface area contributed by atoms with Crippen molar-refractivity contribution in [3.63, 3.8) is 0 Å². The maximum absolute atomic E-state index is 12.2. The lowest BCUT2D eigenvalue weighted by atomic mass is 10.4. The predicted molar refractivity (Wildman–Crippen MR) is 90.8 cm³/mol. The zero-order chi connectivity index (χ0) is 19.8. The number of carbonyl (C=O) groups is 3. The van der Waals surface area contributed by atoms with Gasteiger partial charge in [0, 0.05) is 18.6 Å². The summed E-state index contributed by atoms with van der Waals surface area (Å²) in [6, 6.07) is 13.5. The second-order valence-electron chi connectivity index (χ2n) is 5.00. The quantitative estimate of drug-likeness (QED) is 0.585. The van der Waals surface area contributed by atoms with Crippen LogP contribution in [0.5, 0.6) is 0 Å². The number of carbonyl (C=O) groups excluding carboxylic acids is 3.